The second-order valence-electron chi connectivity index (χ2n) is 4.32. The average molecular weight is 260 g/mol. The molecule has 1 aromatic carbocycles. The number of aliphatic carboxylic acids is 1. The van der Waals surface area contributed by atoms with E-state index in [0.29, 0.717) is 13.1 Å². The molecule has 5 heteroatoms. The molecule has 1 N–H and O–H groups in total. The largest absolute Gasteiger partial charge is 0.481 e. The molecule has 3 rings (SSSR count). The lowest BCUT2D eigenvalue weighted by molar-refractivity contribution is -0.142. The summed E-state index contributed by atoms with van der Waals surface area (Å²) in [5.41, 5.74) is 2.05. The van der Waals surface area contributed by atoms with E-state index in [4.69, 9.17) is 5.11 Å². The molecule has 0 unspecified atom stereocenters. The monoisotopic (exact) mass is 260 g/mol. The van der Waals surface area contributed by atoms with E-state index in [1.54, 1.807) is 11.3 Å². The summed E-state index contributed by atoms with van der Waals surface area (Å²) in [5, 5.41) is 11.8. The van der Waals surface area contributed by atoms with Gasteiger partial charge in [0.05, 0.1) is 11.6 Å². The van der Waals surface area contributed by atoms with Crippen molar-refractivity contribution in [2.45, 2.75) is 0 Å². The van der Waals surface area contributed by atoms with Crippen molar-refractivity contribution in [3.63, 3.8) is 0 Å². The number of hydrogen-bond acceptors (Lipinski definition) is 4. The number of nitrogens with zero attached hydrogens (tertiary/aromatic N) is 2. The van der Waals surface area contributed by atoms with Crippen LogP contribution in [0.3, 0.4) is 0 Å². The highest BCUT2D eigenvalue weighted by Gasteiger charge is 2.34. The average Bonchev–Trinajstić information content (AvgIpc) is 2.77. The van der Waals surface area contributed by atoms with E-state index in [-0.39, 0.29) is 5.92 Å². The van der Waals surface area contributed by atoms with Crippen LogP contribution in [0, 0.1) is 5.92 Å². The Morgan fingerprint density at radius 2 is 2.06 bits per heavy atom. The van der Waals surface area contributed by atoms with Gasteiger partial charge in [0.2, 0.25) is 0 Å². The van der Waals surface area contributed by atoms with E-state index in [0.717, 1.165) is 16.4 Å². The minimum Gasteiger partial charge on any atom is -0.481 e. The van der Waals surface area contributed by atoms with Crippen molar-refractivity contribution in [2.24, 2.45) is 5.92 Å². The van der Waals surface area contributed by atoms with Crippen LogP contribution in [-0.4, -0.2) is 29.1 Å². The smallest absolute Gasteiger partial charge is 0.310 e. The zero-order valence-corrected chi connectivity index (χ0v) is 10.4. The van der Waals surface area contributed by atoms with Gasteiger partial charge in [-0.15, -0.1) is 11.3 Å². The minimum absolute atomic E-state index is 0.242. The molecule has 0 bridgehead atoms. The van der Waals surface area contributed by atoms with E-state index < -0.39 is 5.97 Å². The van der Waals surface area contributed by atoms with Gasteiger partial charge in [0.1, 0.15) is 0 Å². The fourth-order valence-electron chi connectivity index (χ4n) is 1.94. The third-order valence-corrected chi connectivity index (χ3v) is 3.96. The summed E-state index contributed by atoms with van der Waals surface area (Å²) in [4.78, 5) is 17.3. The molecule has 0 atom stereocenters. The zero-order chi connectivity index (χ0) is 12.5. The Labute approximate surface area is 109 Å². The third-order valence-electron chi connectivity index (χ3n) is 3.06. The first-order valence-electron chi connectivity index (χ1n) is 5.73. The number of carbonyl (C=O) groups is 1. The maximum absolute atomic E-state index is 10.7. The van der Waals surface area contributed by atoms with Crippen molar-refractivity contribution in [1.29, 1.82) is 0 Å². The summed E-state index contributed by atoms with van der Waals surface area (Å²) < 4.78 is 0. The topological polar surface area (TPSA) is 53.4 Å². The Kier molecular flexibility index (Phi) is 2.76. The summed E-state index contributed by atoms with van der Waals surface area (Å²) in [6.45, 7) is 1.13. The molecule has 18 heavy (non-hydrogen) atoms. The number of thiazole rings is 1. The third kappa shape index (κ3) is 1.97. The van der Waals surface area contributed by atoms with Crippen LogP contribution in [0.1, 0.15) is 0 Å². The standard InChI is InChI=1S/C13H12N2O2S/c16-12(17)10-6-15(7-10)13-14-11(8-18-13)9-4-2-1-3-5-9/h1-5,8,10H,6-7H2,(H,16,17). The van der Waals surface area contributed by atoms with Crippen LogP contribution in [0.2, 0.25) is 0 Å². The van der Waals surface area contributed by atoms with Gasteiger partial charge in [0.15, 0.2) is 5.13 Å². The highest BCUT2D eigenvalue weighted by atomic mass is 32.1. The van der Waals surface area contributed by atoms with Crippen LogP contribution in [0.25, 0.3) is 11.3 Å². The van der Waals surface area contributed by atoms with Crippen LogP contribution >= 0.6 is 11.3 Å². The molecule has 1 fully saturated rings. The lowest BCUT2D eigenvalue weighted by Crippen LogP contribution is -2.50. The summed E-state index contributed by atoms with van der Waals surface area (Å²) >= 11 is 1.56. The van der Waals surface area contributed by atoms with Gasteiger partial charge >= 0.3 is 5.97 Å². The Balaban J connectivity index is 1.74. The van der Waals surface area contributed by atoms with Crippen molar-refractivity contribution in [2.75, 3.05) is 18.0 Å². The van der Waals surface area contributed by atoms with Crippen molar-refractivity contribution in [3.8, 4) is 11.3 Å². The van der Waals surface area contributed by atoms with Gasteiger partial charge in [-0.05, 0) is 0 Å². The van der Waals surface area contributed by atoms with Crippen molar-refractivity contribution in [3.05, 3.63) is 35.7 Å². The summed E-state index contributed by atoms with van der Waals surface area (Å²) in [7, 11) is 0. The predicted octanol–water partition coefficient (Wildman–Crippen LogP) is 2.33. The molecule has 1 aliphatic heterocycles. The maximum atomic E-state index is 10.7. The quantitative estimate of drug-likeness (QED) is 0.920. The number of hydrogen-bond donors (Lipinski definition) is 1. The molecule has 1 aliphatic rings. The molecule has 4 nitrogen and oxygen atoms in total. The first-order valence-corrected chi connectivity index (χ1v) is 6.61. The second kappa shape index (κ2) is 4.42. The van der Waals surface area contributed by atoms with Gasteiger partial charge in [0.25, 0.3) is 0 Å². The molecule has 2 aromatic rings. The van der Waals surface area contributed by atoms with Gasteiger partial charge in [-0.3, -0.25) is 4.79 Å². The van der Waals surface area contributed by atoms with Gasteiger partial charge < -0.3 is 10.0 Å². The number of benzene rings is 1. The van der Waals surface area contributed by atoms with Crippen LogP contribution in [-0.2, 0) is 4.79 Å². The van der Waals surface area contributed by atoms with Gasteiger partial charge in [-0.2, -0.15) is 0 Å². The number of carboxylic acids is 1. The molecule has 92 valence electrons. The molecule has 0 radical (unpaired) electrons. The van der Waals surface area contributed by atoms with Crippen molar-refractivity contribution >= 4 is 22.4 Å². The van der Waals surface area contributed by atoms with Crippen molar-refractivity contribution in [1.82, 2.24) is 4.98 Å². The second-order valence-corrected chi connectivity index (χ2v) is 5.16. The van der Waals surface area contributed by atoms with Gasteiger partial charge in [0, 0.05) is 24.0 Å². The minimum atomic E-state index is -0.717. The van der Waals surface area contributed by atoms with Crippen LogP contribution < -0.4 is 4.90 Å². The normalized spacial score (nSPS) is 15.4. The Bertz CT molecular complexity index is 561. The number of aromatic nitrogens is 1. The molecule has 2 heterocycles. The summed E-state index contributed by atoms with van der Waals surface area (Å²) in [6.07, 6.45) is 0. The van der Waals surface area contributed by atoms with E-state index in [1.807, 2.05) is 40.6 Å². The molecule has 1 saturated heterocycles. The van der Waals surface area contributed by atoms with E-state index in [1.165, 1.54) is 0 Å². The predicted molar refractivity (Wildman–Crippen MR) is 70.9 cm³/mol. The Morgan fingerprint density at radius 3 is 2.72 bits per heavy atom. The fraction of sp³-hybridized carbons (Fsp3) is 0.231. The zero-order valence-electron chi connectivity index (χ0n) is 9.61. The molecule has 0 amide bonds. The maximum Gasteiger partial charge on any atom is 0.310 e. The summed E-state index contributed by atoms with van der Waals surface area (Å²) in [5.74, 6) is -0.958. The molecule has 0 aliphatic carbocycles. The van der Waals surface area contributed by atoms with E-state index >= 15 is 0 Å². The van der Waals surface area contributed by atoms with E-state index in [9.17, 15) is 4.79 Å². The number of carboxylic acid groups (broad SMARTS) is 1. The molecule has 1 aromatic heterocycles. The lowest BCUT2D eigenvalue weighted by Gasteiger charge is -2.36. The lowest BCUT2D eigenvalue weighted by atomic mass is 10.0. The SMILES string of the molecule is O=C(O)C1CN(c2nc(-c3ccccc3)cs2)C1. The first-order chi connectivity index (χ1) is 8.74. The highest BCUT2D eigenvalue weighted by Crippen LogP contribution is 2.31. The Hall–Kier alpha value is -1.88. The molecular weight excluding hydrogens is 248 g/mol. The highest BCUT2D eigenvalue weighted by molar-refractivity contribution is 7.14. The van der Waals surface area contributed by atoms with Crippen LogP contribution in [0.5, 0.6) is 0 Å². The number of rotatable bonds is 3. The Morgan fingerprint density at radius 1 is 1.33 bits per heavy atom. The van der Waals surface area contributed by atoms with Gasteiger partial charge in [-0.1, -0.05) is 30.3 Å². The number of anilines is 1. The first kappa shape index (κ1) is 11.2. The van der Waals surface area contributed by atoms with Crippen LogP contribution in [0.4, 0.5) is 5.13 Å². The van der Waals surface area contributed by atoms with E-state index in [2.05, 4.69) is 4.98 Å². The molecule has 0 saturated carbocycles. The summed E-state index contributed by atoms with van der Waals surface area (Å²) in [6, 6.07) is 9.99. The van der Waals surface area contributed by atoms with Crippen molar-refractivity contribution < 1.29 is 9.90 Å². The van der Waals surface area contributed by atoms with Gasteiger partial charge in [-0.25, -0.2) is 4.98 Å². The van der Waals surface area contributed by atoms with Crippen LogP contribution in [0.15, 0.2) is 35.7 Å². The molecular formula is C13H12N2O2S. The molecule has 0 spiro atoms. The fourth-order valence-corrected chi connectivity index (χ4v) is 2.80.